The topological polar surface area (TPSA) is 12.0 Å². The summed E-state index contributed by atoms with van der Waals surface area (Å²) < 4.78 is 0. The number of nitrogens with one attached hydrogen (secondary N) is 1. The highest BCUT2D eigenvalue weighted by molar-refractivity contribution is 7.98. The van der Waals surface area contributed by atoms with Crippen LogP contribution in [0.3, 0.4) is 0 Å². The predicted octanol–water partition coefficient (Wildman–Crippen LogP) is 4.70. The summed E-state index contributed by atoms with van der Waals surface area (Å²) in [6, 6.07) is 15.8. The van der Waals surface area contributed by atoms with E-state index >= 15 is 0 Å². The highest BCUT2D eigenvalue weighted by atomic mass is 32.2. The first kappa shape index (κ1) is 12.6. The molecule has 3 rings (SSSR count). The van der Waals surface area contributed by atoms with Gasteiger partial charge in [0.25, 0.3) is 0 Å². The fraction of sp³-hybridized carbons (Fsp3) is 0.294. The van der Waals surface area contributed by atoms with E-state index in [1.165, 1.54) is 27.9 Å². The van der Waals surface area contributed by atoms with Crippen LogP contribution in [-0.4, -0.2) is 5.75 Å². The Morgan fingerprint density at radius 2 is 1.95 bits per heavy atom. The van der Waals surface area contributed by atoms with Gasteiger partial charge in [0.15, 0.2) is 0 Å². The summed E-state index contributed by atoms with van der Waals surface area (Å²) in [5, 5.41) is 3.73. The third-order valence-electron chi connectivity index (χ3n) is 3.70. The first-order valence-corrected chi connectivity index (χ1v) is 7.89. The molecule has 2 aromatic carbocycles. The fourth-order valence-corrected chi connectivity index (χ4v) is 3.68. The molecule has 19 heavy (non-hydrogen) atoms. The summed E-state index contributed by atoms with van der Waals surface area (Å²) in [5.41, 5.74) is 6.83. The average molecular weight is 269 g/mol. The van der Waals surface area contributed by atoms with Crippen molar-refractivity contribution in [2.75, 3.05) is 11.1 Å². The molecule has 0 bridgehead atoms. The molecule has 1 N–H and O–H groups in total. The maximum Gasteiger partial charge on any atom is 0.0607 e. The number of hydrogen-bond donors (Lipinski definition) is 1. The van der Waals surface area contributed by atoms with Crippen LogP contribution in [0.25, 0.3) is 0 Å². The second-order valence-electron chi connectivity index (χ2n) is 5.23. The van der Waals surface area contributed by atoms with Crippen molar-refractivity contribution in [1.82, 2.24) is 0 Å². The first-order chi connectivity index (χ1) is 9.24. The molecule has 0 aliphatic carbocycles. The van der Waals surface area contributed by atoms with E-state index in [9.17, 15) is 0 Å². The van der Waals surface area contributed by atoms with Gasteiger partial charge in [-0.1, -0.05) is 36.4 Å². The summed E-state index contributed by atoms with van der Waals surface area (Å²) in [6.45, 7) is 4.32. The molecular formula is C17H19NS. The lowest BCUT2D eigenvalue weighted by atomic mass is 10.0. The van der Waals surface area contributed by atoms with Crippen molar-refractivity contribution < 1.29 is 0 Å². The van der Waals surface area contributed by atoms with E-state index in [4.69, 9.17) is 0 Å². The summed E-state index contributed by atoms with van der Waals surface area (Å²) >= 11 is 2.01. The van der Waals surface area contributed by atoms with Gasteiger partial charge in [-0.05, 0) is 42.2 Å². The molecule has 1 heterocycles. The van der Waals surface area contributed by atoms with E-state index in [1.54, 1.807) is 0 Å². The van der Waals surface area contributed by atoms with Gasteiger partial charge in [0.1, 0.15) is 0 Å². The molecule has 0 spiro atoms. The Bertz CT molecular complexity index is 592. The van der Waals surface area contributed by atoms with E-state index in [0.717, 1.165) is 11.5 Å². The number of benzene rings is 2. The smallest absolute Gasteiger partial charge is 0.0607 e. The number of aryl methyl sites for hydroxylation is 2. The van der Waals surface area contributed by atoms with Crippen molar-refractivity contribution >= 4 is 17.4 Å². The number of rotatable bonds is 2. The summed E-state index contributed by atoms with van der Waals surface area (Å²) in [7, 11) is 0. The second-order valence-corrected chi connectivity index (χ2v) is 6.26. The molecule has 1 atom stereocenters. The zero-order chi connectivity index (χ0) is 13.2. The highest BCUT2D eigenvalue weighted by Gasteiger charge is 2.20. The van der Waals surface area contributed by atoms with Gasteiger partial charge in [0, 0.05) is 17.2 Å². The molecule has 0 amide bonds. The van der Waals surface area contributed by atoms with Crippen LogP contribution in [-0.2, 0) is 5.75 Å². The molecule has 2 heteroatoms. The fourth-order valence-electron chi connectivity index (χ4n) is 2.58. The van der Waals surface area contributed by atoms with Gasteiger partial charge in [0.05, 0.1) is 6.04 Å². The zero-order valence-corrected chi connectivity index (χ0v) is 12.3. The molecule has 1 aliphatic heterocycles. The lowest BCUT2D eigenvalue weighted by Crippen LogP contribution is -2.19. The summed E-state index contributed by atoms with van der Waals surface area (Å²) in [6.07, 6.45) is 0. The molecule has 0 saturated heterocycles. The highest BCUT2D eigenvalue weighted by Crippen LogP contribution is 2.34. The Hall–Kier alpha value is -1.41. The molecule has 1 aliphatic rings. The normalized spacial score (nSPS) is 17.9. The van der Waals surface area contributed by atoms with Gasteiger partial charge in [-0.3, -0.25) is 0 Å². The van der Waals surface area contributed by atoms with Crippen LogP contribution in [0.5, 0.6) is 0 Å². The van der Waals surface area contributed by atoms with Crippen LogP contribution in [0.1, 0.15) is 28.3 Å². The molecule has 1 unspecified atom stereocenters. The third-order valence-corrected chi connectivity index (χ3v) is 4.78. The van der Waals surface area contributed by atoms with Crippen molar-refractivity contribution in [2.24, 2.45) is 0 Å². The third kappa shape index (κ3) is 2.64. The number of hydrogen-bond acceptors (Lipinski definition) is 2. The van der Waals surface area contributed by atoms with Gasteiger partial charge >= 0.3 is 0 Å². The zero-order valence-electron chi connectivity index (χ0n) is 11.4. The van der Waals surface area contributed by atoms with Gasteiger partial charge in [-0.25, -0.2) is 0 Å². The van der Waals surface area contributed by atoms with Crippen LogP contribution in [0, 0.1) is 13.8 Å². The van der Waals surface area contributed by atoms with Crippen LogP contribution < -0.4 is 5.32 Å². The maximum absolute atomic E-state index is 3.73. The minimum Gasteiger partial charge on any atom is -0.377 e. The Labute approximate surface area is 119 Å². The molecule has 0 fully saturated rings. The van der Waals surface area contributed by atoms with Crippen molar-refractivity contribution in [3.63, 3.8) is 0 Å². The van der Waals surface area contributed by atoms with Crippen molar-refractivity contribution in [1.29, 1.82) is 0 Å². The summed E-state index contributed by atoms with van der Waals surface area (Å²) in [4.78, 5) is 0. The second kappa shape index (κ2) is 5.30. The first-order valence-electron chi connectivity index (χ1n) is 6.73. The van der Waals surface area contributed by atoms with E-state index < -0.39 is 0 Å². The molecule has 0 saturated carbocycles. The van der Waals surface area contributed by atoms with Gasteiger partial charge < -0.3 is 5.32 Å². The van der Waals surface area contributed by atoms with Crippen LogP contribution in [0.4, 0.5) is 5.69 Å². The van der Waals surface area contributed by atoms with E-state index in [1.807, 2.05) is 11.8 Å². The van der Waals surface area contributed by atoms with Gasteiger partial charge in [0.2, 0.25) is 0 Å². The van der Waals surface area contributed by atoms with Gasteiger partial charge in [-0.15, -0.1) is 0 Å². The minimum atomic E-state index is 0.426. The SMILES string of the molecule is Cc1ccc(C)c(NC2CSCc3ccccc32)c1. The number of fused-ring (bicyclic) bond motifs is 1. The number of anilines is 1. The maximum atomic E-state index is 3.73. The molecule has 0 radical (unpaired) electrons. The Morgan fingerprint density at radius 1 is 1.11 bits per heavy atom. The Kier molecular flexibility index (Phi) is 3.52. The largest absolute Gasteiger partial charge is 0.377 e. The van der Waals surface area contributed by atoms with E-state index in [0.29, 0.717) is 6.04 Å². The quantitative estimate of drug-likeness (QED) is 0.848. The predicted molar refractivity (Wildman–Crippen MR) is 84.9 cm³/mol. The lowest BCUT2D eigenvalue weighted by molar-refractivity contribution is 0.869. The Morgan fingerprint density at radius 3 is 2.84 bits per heavy atom. The van der Waals surface area contributed by atoms with Crippen molar-refractivity contribution in [3.8, 4) is 0 Å². The van der Waals surface area contributed by atoms with Crippen molar-refractivity contribution in [2.45, 2.75) is 25.6 Å². The van der Waals surface area contributed by atoms with Crippen LogP contribution in [0.15, 0.2) is 42.5 Å². The molecular weight excluding hydrogens is 250 g/mol. The van der Waals surface area contributed by atoms with E-state index in [-0.39, 0.29) is 0 Å². The van der Waals surface area contributed by atoms with Gasteiger partial charge in [-0.2, -0.15) is 11.8 Å². The Balaban J connectivity index is 1.90. The summed E-state index contributed by atoms with van der Waals surface area (Å²) in [5.74, 6) is 2.28. The number of thioether (sulfide) groups is 1. The molecule has 2 aromatic rings. The standard InChI is InChI=1S/C17H19NS/c1-12-7-8-13(2)16(9-12)18-17-11-19-10-14-5-3-4-6-15(14)17/h3-9,17-18H,10-11H2,1-2H3. The monoisotopic (exact) mass is 269 g/mol. The van der Waals surface area contributed by atoms with Crippen LogP contribution >= 0.6 is 11.8 Å². The van der Waals surface area contributed by atoms with Crippen molar-refractivity contribution in [3.05, 3.63) is 64.7 Å². The molecule has 1 nitrogen and oxygen atoms in total. The molecule has 98 valence electrons. The average Bonchev–Trinajstić information content (AvgIpc) is 2.43. The van der Waals surface area contributed by atoms with E-state index in [2.05, 4.69) is 61.6 Å². The van der Waals surface area contributed by atoms with Crippen LogP contribution in [0.2, 0.25) is 0 Å². The minimum absolute atomic E-state index is 0.426. The molecule has 0 aromatic heterocycles. The lowest BCUT2D eigenvalue weighted by Gasteiger charge is -2.27.